The van der Waals surface area contributed by atoms with Crippen LogP contribution in [0.25, 0.3) is 22.0 Å². The molecule has 0 radical (unpaired) electrons. The van der Waals surface area contributed by atoms with Gasteiger partial charge in [-0.2, -0.15) is 5.10 Å². The van der Waals surface area contributed by atoms with Crippen molar-refractivity contribution in [3.63, 3.8) is 0 Å². The van der Waals surface area contributed by atoms with Crippen molar-refractivity contribution in [2.24, 2.45) is 12.8 Å². The van der Waals surface area contributed by atoms with Gasteiger partial charge in [-0.3, -0.25) is 14.3 Å². The second-order valence-corrected chi connectivity index (χ2v) is 16.0. The van der Waals surface area contributed by atoms with E-state index >= 15 is 0 Å². The van der Waals surface area contributed by atoms with Crippen molar-refractivity contribution in [2.75, 3.05) is 11.9 Å². The van der Waals surface area contributed by atoms with Gasteiger partial charge in [0.25, 0.3) is 10.0 Å². The van der Waals surface area contributed by atoms with Crippen molar-refractivity contribution in [3.8, 4) is 23.0 Å². The number of fused-ring (bicyclic) bond motifs is 2. The predicted molar refractivity (Wildman–Crippen MR) is 201 cm³/mol. The molecule has 2 amide bonds. The van der Waals surface area contributed by atoms with E-state index in [4.69, 9.17) is 22.3 Å². The van der Waals surface area contributed by atoms with Crippen LogP contribution in [0.4, 0.5) is 14.5 Å². The Hall–Kier alpha value is -5.20. The molecule has 0 bridgehead atoms. The van der Waals surface area contributed by atoms with Crippen molar-refractivity contribution in [3.05, 3.63) is 105 Å². The Morgan fingerprint density at radius 1 is 1.07 bits per heavy atom. The van der Waals surface area contributed by atoms with Crippen molar-refractivity contribution >= 4 is 50.0 Å². The quantitative estimate of drug-likeness (QED) is 0.167. The van der Waals surface area contributed by atoms with Crippen molar-refractivity contribution < 1.29 is 31.9 Å². The van der Waals surface area contributed by atoms with E-state index in [1.165, 1.54) is 36.5 Å². The molecule has 0 spiro atoms. The summed E-state index contributed by atoms with van der Waals surface area (Å²) in [6, 6.07) is 12.1. The number of nitrogens with two attached hydrogens (primary N) is 1. The van der Waals surface area contributed by atoms with E-state index in [0.717, 1.165) is 23.8 Å². The van der Waals surface area contributed by atoms with E-state index in [2.05, 4.69) is 21.7 Å². The van der Waals surface area contributed by atoms with Crippen LogP contribution in [0.15, 0.2) is 59.6 Å². The molecule has 1 aliphatic heterocycles. The zero-order valence-corrected chi connectivity index (χ0v) is 31.8. The lowest BCUT2D eigenvalue weighted by Gasteiger charge is -2.32. The molecule has 1 aliphatic rings. The number of amides is 2. The summed E-state index contributed by atoms with van der Waals surface area (Å²) in [7, 11) is -1.28. The van der Waals surface area contributed by atoms with E-state index in [1.54, 1.807) is 25.2 Å². The molecule has 2 aromatic heterocycles. The molecule has 0 fully saturated rings. The zero-order chi connectivity index (χ0) is 39.4. The number of aliphatic hydroxyl groups is 1. The minimum atomic E-state index is -4.09. The van der Waals surface area contributed by atoms with Crippen LogP contribution in [0, 0.1) is 37.3 Å². The number of aryl methyl sites for hydroxylation is 3. The maximum absolute atomic E-state index is 14.8. The Labute approximate surface area is 316 Å². The average Bonchev–Trinajstić information content (AvgIpc) is 3.59. The van der Waals surface area contributed by atoms with Crippen LogP contribution in [-0.2, 0) is 33.1 Å². The minimum absolute atomic E-state index is 0.105. The van der Waals surface area contributed by atoms with E-state index in [0.29, 0.717) is 33.5 Å². The third-order valence-electron chi connectivity index (χ3n) is 9.29. The molecule has 1 unspecified atom stereocenters. The topological polar surface area (TPSA) is 161 Å². The molecule has 280 valence electrons. The second-order valence-electron chi connectivity index (χ2n) is 13.8. The number of sulfonamides is 1. The molecule has 0 saturated heterocycles. The summed E-state index contributed by atoms with van der Waals surface area (Å²) in [4.78, 5) is 33.6. The number of pyridine rings is 1. The lowest BCUT2D eigenvalue weighted by atomic mass is 9.91. The molecule has 4 N–H and O–H groups in total. The number of nitrogens with zero attached hydrogens (tertiary/aromatic N) is 4. The van der Waals surface area contributed by atoms with Gasteiger partial charge >= 0.3 is 0 Å². The predicted octanol–water partition coefficient (Wildman–Crippen LogP) is 5.50. The summed E-state index contributed by atoms with van der Waals surface area (Å²) >= 11 is 6.65. The monoisotopic (exact) mass is 774 g/mol. The number of rotatable bonds is 9. The first kappa shape index (κ1) is 38.5. The smallest absolute Gasteiger partial charge is 0.260 e. The molecule has 5 aromatic rings. The van der Waals surface area contributed by atoms with Gasteiger partial charge in [0.1, 0.15) is 22.9 Å². The largest absolute Gasteiger partial charge is 0.378 e. The minimum Gasteiger partial charge on any atom is -0.378 e. The van der Waals surface area contributed by atoms with Gasteiger partial charge in [-0.05, 0) is 99.7 Å². The molecule has 54 heavy (non-hydrogen) atoms. The van der Waals surface area contributed by atoms with E-state index < -0.39 is 51.0 Å². The van der Waals surface area contributed by atoms with Crippen LogP contribution < -0.4 is 15.4 Å². The first-order chi connectivity index (χ1) is 25.3. The van der Waals surface area contributed by atoms with Crippen LogP contribution in [0.5, 0.6) is 0 Å². The third kappa shape index (κ3) is 7.20. The van der Waals surface area contributed by atoms with E-state index in [-0.39, 0.29) is 45.2 Å². The Morgan fingerprint density at radius 2 is 1.72 bits per heavy atom. The fraction of sp³-hybridized carbons (Fsp3) is 0.282. The Balaban J connectivity index is 1.73. The van der Waals surface area contributed by atoms with Crippen LogP contribution in [0.1, 0.15) is 65.9 Å². The SMILES string of the molecule is CNS(=O)(=O)c1nn(C)c2c(-c3ccc(C#CC(C)(C)O)nc3[C@H](Cc3cc(F)cc(F)c3)N3C(=O)C(CC(N)=O)c4c(C)ccc(C)c43)ccc(Cl)c12. The fourth-order valence-corrected chi connectivity index (χ4v) is 8.23. The second kappa shape index (κ2) is 14.2. The Bertz CT molecular complexity index is 2540. The number of halogens is 3. The number of anilines is 1. The highest BCUT2D eigenvalue weighted by molar-refractivity contribution is 7.89. The molecule has 0 saturated carbocycles. The lowest BCUT2D eigenvalue weighted by molar-refractivity contribution is -0.124. The normalized spacial score (nSPS) is 15.0. The van der Waals surface area contributed by atoms with Crippen molar-refractivity contribution in [2.45, 2.75) is 63.1 Å². The molecule has 3 aromatic carbocycles. The number of primary amides is 1. The van der Waals surface area contributed by atoms with Gasteiger partial charge in [-0.15, -0.1) is 0 Å². The van der Waals surface area contributed by atoms with Crippen LogP contribution in [0.3, 0.4) is 0 Å². The number of aromatic nitrogens is 3. The van der Waals surface area contributed by atoms with Gasteiger partial charge in [-0.1, -0.05) is 35.7 Å². The van der Waals surface area contributed by atoms with Gasteiger partial charge in [0.05, 0.1) is 39.3 Å². The van der Waals surface area contributed by atoms with Gasteiger partial charge in [0.15, 0.2) is 0 Å². The van der Waals surface area contributed by atoms with E-state index in [9.17, 15) is 31.9 Å². The standard InChI is InChI=1S/C39H37ClF2N6O5S/c1-20-7-8-21(2)35-32(20)28(19-31(43)49)38(50)48(35)30(17-22-15-23(41)18-24(42)16-22)34-26(10-9-25(45-34)13-14-39(3,4)51)27-11-12-29(40)33-36(27)47(6)46-37(33)54(52,53)44-5/h7-12,15-16,18,28,30,44,51H,17,19H2,1-6H3,(H2,43,49)/t28?,30-/m0/s1. The zero-order valence-electron chi connectivity index (χ0n) is 30.3. The number of carbonyl (C=O) groups excluding carboxylic acids is 2. The highest BCUT2D eigenvalue weighted by Crippen LogP contribution is 2.49. The fourth-order valence-electron chi connectivity index (χ4n) is 7.03. The molecule has 11 nitrogen and oxygen atoms in total. The summed E-state index contributed by atoms with van der Waals surface area (Å²) in [6.07, 6.45) is -0.457. The number of nitrogens with one attached hydrogen (secondary N) is 1. The molecule has 0 aliphatic carbocycles. The highest BCUT2D eigenvalue weighted by Gasteiger charge is 2.45. The first-order valence-electron chi connectivity index (χ1n) is 16.8. The van der Waals surface area contributed by atoms with Gasteiger partial charge in [0, 0.05) is 30.7 Å². The summed E-state index contributed by atoms with van der Waals surface area (Å²) < 4.78 is 59.5. The number of hydrogen-bond acceptors (Lipinski definition) is 7. The number of hydrogen-bond donors (Lipinski definition) is 3. The molecule has 3 heterocycles. The molecular weight excluding hydrogens is 738 g/mol. The van der Waals surface area contributed by atoms with Crippen LogP contribution >= 0.6 is 11.6 Å². The number of carbonyl (C=O) groups is 2. The maximum atomic E-state index is 14.8. The Morgan fingerprint density at radius 3 is 2.35 bits per heavy atom. The van der Waals surface area contributed by atoms with Gasteiger partial charge in [0.2, 0.25) is 16.8 Å². The molecule has 6 rings (SSSR count). The lowest BCUT2D eigenvalue weighted by Crippen LogP contribution is -2.36. The highest BCUT2D eigenvalue weighted by atomic mass is 35.5. The van der Waals surface area contributed by atoms with Crippen molar-refractivity contribution in [1.29, 1.82) is 0 Å². The average molecular weight is 775 g/mol. The maximum Gasteiger partial charge on any atom is 0.260 e. The van der Waals surface area contributed by atoms with Crippen LogP contribution in [0.2, 0.25) is 5.02 Å². The molecule has 2 atom stereocenters. The van der Waals surface area contributed by atoms with Crippen LogP contribution in [-0.4, -0.2) is 52.8 Å². The summed E-state index contributed by atoms with van der Waals surface area (Å²) in [6.45, 7) is 6.64. The summed E-state index contributed by atoms with van der Waals surface area (Å²) in [5.74, 6) is 1.83. The van der Waals surface area contributed by atoms with Crippen molar-refractivity contribution in [1.82, 2.24) is 19.5 Å². The third-order valence-corrected chi connectivity index (χ3v) is 10.9. The Kier molecular flexibility index (Phi) is 10.1. The van der Waals surface area contributed by atoms with Gasteiger partial charge < -0.3 is 15.7 Å². The molecule has 15 heteroatoms. The molecular formula is C39H37ClF2N6O5S. The number of benzene rings is 3. The van der Waals surface area contributed by atoms with E-state index in [1.807, 2.05) is 26.0 Å². The first-order valence-corrected chi connectivity index (χ1v) is 18.7. The van der Waals surface area contributed by atoms with Gasteiger partial charge in [-0.25, -0.2) is 26.9 Å². The summed E-state index contributed by atoms with van der Waals surface area (Å²) in [5.41, 5.74) is 8.52. The summed E-state index contributed by atoms with van der Waals surface area (Å²) in [5, 5.41) is 14.7.